The Morgan fingerprint density at radius 3 is 2.00 bits per heavy atom. The fraction of sp³-hybridized carbons (Fsp3) is 0.800. The summed E-state index contributed by atoms with van der Waals surface area (Å²) in [5.74, 6) is 0. The third-order valence-corrected chi connectivity index (χ3v) is 1.47. The first-order valence-corrected chi connectivity index (χ1v) is 4.23. The summed E-state index contributed by atoms with van der Waals surface area (Å²) in [6, 6.07) is 0.648. The van der Waals surface area contributed by atoms with Crippen molar-refractivity contribution in [3.8, 4) is 0 Å². The van der Waals surface area contributed by atoms with Gasteiger partial charge in [-0.15, -0.1) is 0 Å². The van der Waals surface area contributed by atoms with Crippen molar-refractivity contribution in [1.82, 2.24) is 0 Å². The molecule has 0 saturated heterocycles. The normalized spacial score (nSPS) is 13.4. The minimum Gasteiger partial charge on any atom is -0.301 e. The zero-order valence-corrected chi connectivity index (χ0v) is 7.42. The van der Waals surface area contributed by atoms with Gasteiger partial charge >= 0.3 is 0 Å². The van der Waals surface area contributed by atoms with Crippen LogP contribution in [0, 0.1) is 0 Å². The number of unbranched alkanes of at least 4 members (excludes halogenated alkanes) is 1. The molecular formula is C10H22N2. The Morgan fingerprint density at radius 1 is 1.33 bits per heavy atom. The molecule has 72 valence electrons. The molecule has 0 bridgehead atoms. The maximum Gasteiger partial charge on any atom is 0.0494 e. The quantitative estimate of drug-likeness (QED) is 0.458. The molecule has 0 unspecified atom stereocenters. The van der Waals surface area contributed by atoms with Crippen molar-refractivity contribution in [2.45, 2.75) is 46.1 Å². The topological polar surface area (TPSA) is 24.7 Å². The van der Waals surface area contributed by atoms with Crippen molar-refractivity contribution in [2.24, 2.45) is 9.98 Å². The van der Waals surface area contributed by atoms with E-state index < -0.39 is 0 Å². The highest BCUT2D eigenvalue weighted by Crippen LogP contribution is 2.21. The summed E-state index contributed by atoms with van der Waals surface area (Å²) in [6.07, 6.45) is 4.97. The van der Waals surface area contributed by atoms with Crippen LogP contribution in [0.15, 0.2) is 9.98 Å². The number of aliphatic imine (C=N–C) groups is 2. The highest BCUT2D eigenvalue weighted by molar-refractivity contribution is 5.25. The summed E-state index contributed by atoms with van der Waals surface area (Å²) in [4.78, 5) is 7.43. The van der Waals surface area contributed by atoms with Gasteiger partial charge < -0.3 is 4.99 Å². The van der Waals surface area contributed by atoms with Gasteiger partial charge in [0.05, 0.1) is 0 Å². The Hall–Kier alpha value is -0.660. The molecule has 1 aliphatic carbocycles. The van der Waals surface area contributed by atoms with E-state index in [1.807, 2.05) is 0 Å². The second-order valence-corrected chi connectivity index (χ2v) is 2.71. The molecule has 12 heavy (non-hydrogen) atoms. The Balaban J connectivity index is 0. The van der Waals surface area contributed by atoms with Crippen LogP contribution < -0.4 is 0 Å². The van der Waals surface area contributed by atoms with Gasteiger partial charge in [0.15, 0.2) is 0 Å². The zero-order chi connectivity index (χ0) is 8.53. The monoisotopic (exact) mass is 170 g/mol. The molecule has 1 saturated carbocycles. The largest absolute Gasteiger partial charge is 0.301 e. The van der Waals surface area contributed by atoms with Crippen LogP contribution in [0.1, 0.15) is 40.0 Å². The van der Waals surface area contributed by atoms with Gasteiger partial charge in [-0.25, -0.2) is 0 Å². The van der Waals surface area contributed by atoms with Crippen molar-refractivity contribution in [3.05, 3.63) is 0 Å². The maximum atomic E-state index is 3.75. The van der Waals surface area contributed by atoms with Crippen LogP contribution >= 0.6 is 0 Å². The smallest absolute Gasteiger partial charge is 0.0494 e. The van der Waals surface area contributed by atoms with Crippen molar-refractivity contribution in [3.63, 3.8) is 0 Å². The summed E-state index contributed by atoms with van der Waals surface area (Å²) in [5, 5.41) is 0. The Labute approximate surface area is 76.8 Å². The fourth-order valence-corrected chi connectivity index (χ4v) is 0.527. The van der Waals surface area contributed by atoms with E-state index in [2.05, 4.69) is 30.3 Å². The molecule has 0 spiro atoms. The lowest BCUT2D eigenvalue weighted by atomic mass is 10.3. The zero-order valence-electron chi connectivity index (χ0n) is 7.42. The van der Waals surface area contributed by atoms with E-state index in [0.717, 1.165) is 6.54 Å². The van der Waals surface area contributed by atoms with Gasteiger partial charge in [-0.05, 0) is 32.7 Å². The summed E-state index contributed by atoms with van der Waals surface area (Å²) in [5.41, 5.74) is 0. The number of hydrogen-bond acceptors (Lipinski definition) is 2. The van der Waals surface area contributed by atoms with Crippen molar-refractivity contribution in [1.29, 1.82) is 0 Å². The Morgan fingerprint density at radius 2 is 1.92 bits per heavy atom. The SMILES string of the molecule is C.C=NC1CC1.C=NCCCC. The van der Waals surface area contributed by atoms with Crippen LogP contribution in [0.3, 0.4) is 0 Å². The van der Waals surface area contributed by atoms with Gasteiger partial charge in [0.25, 0.3) is 0 Å². The van der Waals surface area contributed by atoms with E-state index in [9.17, 15) is 0 Å². The third kappa shape index (κ3) is 12.1. The second kappa shape index (κ2) is 10.3. The molecule has 0 aromatic rings. The minimum atomic E-state index is 0. The van der Waals surface area contributed by atoms with Crippen LogP contribution in [0.2, 0.25) is 0 Å². The molecular weight excluding hydrogens is 148 g/mol. The first-order valence-electron chi connectivity index (χ1n) is 4.23. The van der Waals surface area contributed by atoms with Crippen LogP contribution in [0.4, 0.5) is 0 Å². The Kier molecular flexibility index (Phi) is 12.0. The minimum absolute atomic E-state index is 0. The maximum absolute atomic E-state index is 3.75. The molecule has 1 rings (SSSR count). The summed E-state index contributed by atoms with van der Waals surface area (Å²) in [7, 11) is 0. The molecule has 0 aromatic carbocycles. The molecule has 0 N–H and O–H groups in total. The van der Waals surface area contributed by atoms with Gasteiger partial charge in [-0.3, -0.25) is 4.99 Å². The highest BCUT2D eigenvalue weighted by Gasteiger charge is 2.17. The van der Waals surface area contributed by atoms with Gasteiger partial charge in [0.2, 0.25) is 0 Å². The van der Waals surface area contributed by atoms with Crippen molar-refractivity contribution < 1.29 is 0 Å². The first kappa shape index (κ1) is 13.9. The van der Waals surface area contributed by atoms with E-state index in [-0.39, 0.29) is 7.43 Å². The fourth-order valence-electron chi connectivity index (χ4n) is 0.527. The van der Waals surface area contributed by atoms with Crippen LogP contribution in [0.5, 0.6) is 0 Å². The van der Waals surface area contributed by atoms with E-state index in [1.165, 1.54) is 25.7 Å². The van der Waals surface area contributed by atoms with E-state index >= 15 is 0 Å². The van der Waals surface area contributed by atoms with Crippen LogP contribution in [0.25, 0.3) is 0 Å². The van der Waals surface area contributed by atoms with Gasteiger partial charge in [-0.1, -0.05) is 20.8 Å². The van der Waals surface area contributed by atoms with Gasteiger partial charge in [0, 0.05) is 12.6 Å². The highest BCUT2D eigenvalue weighted by atomic mass is 14.8. The predicted octanol–water partition coefficient (Wildman–Crippen LogP) is 2.97. The number of nitrogens with zero attached hydrogens (tertiary/aromatic N) is 2. The Bertz CT molecular complexity index is 106. The average molecular weight is 170 g/mol. The molecule has 0 aromatic heterocycles. The van der Waals surface area contributed by atoms with E-state index in [0.29, 0.717) is 6.04 Å². The number of hydrogen-bond donors (Lipinski definition) is 0. The molecule has 1 fully saturated rings. The average Bonchev–Trinajstić information content (AvgIpc) is 2.84. The van der Waals surface area contributed by atoms with Crippen molar-refractivity contribution >= 4 is 13.4 Å². The lowest BCUT2D eigenvalue weighted by Gasteiger charge is -1.82. The molecule has 0 amide bonds. The summed E-state index contributed by atoms with van der Waals surface area (Å²) in [6.45, 7) is 9.79. The second-order valence-electron chi connectivity index (χ2n) is 2.71. The van der Waals surface area contributed by atoms with Crippen LogP contribution in [-0.2, 0) is 0 Å². The van der Waals surface area contributed by atoms with Gasteiger partial charge in [0.1, 0.15) is 0 Å². The van der Waals surface area contributed by atoms with Gasteiger partial charge in [-0.2, -0.15) is 0 Å². The van der Waals surface area contributed by atoms with E-state index in [4.69, 9.17) is 0 Å². The molecule has 0 atom stereocenters. The molecule has 0 heterocycles. The molecule has 1 aliphatic rings. The third-order valence-electron chi connectivity index (χ3n) is 1.47. The van der Waals surface area contributed by atoms with Crippen LogP contribution in [-0.4, -0.2) is 26.0 Å². The lowest BCUT2D eigenvalue weighted by molar-refractivity contribution is 0.811. The number of rotatable bonds is 4. The predicted molar refractivity (Wildman–Crippen MR) is 58.6 cm³/mol. The standard InChI is InChI=1S/C5H11N.C4H7N.CH4/c1-3-4-5-6-2;1-5-4-2-3-4;/h2-5H2,1H3;4H,1-3H2;1H4. The van der Waals surface area contributed by atoms with E-state index in [1.54, 1.807) is 0 Å². The van der Waals surface area contributed by atoms with Crippen molar-refractivity contribution in [2.75, 3.05) is 6.54 Å². The molecule has 2 heteroatoms. The molecule has 0 aliphatic heterocycles. The summed E-state index contributed by atoms with van der Waals surface area (Å²) >= 11 is 0. The summed E-state index contributed by atoms with van der Waals surface area (Å²) < 4.78 is 0. The molecule has 0 radical (unpaired) electrons. The lowest BCUT2D eigenvalue weighted by Crippen LogP contribution is -1.73. The first-order chi connectivity index (χ1) is 5.35. The molecule has 2 nitrogen and oxygen atoms in total.